The Bertz CT molecular complexity index is 1620. The average Bonchev–Trinajstić information content (AvgIpc) is 3.64. The van der Waals surface area contributed by atoms with Gasteiger partial charge in [-0.15, -0.1) is 5.10 Å². The van der Waals surface area contributed by atoms with Crippen LogP contribution < -0.4 is 10.2 Å². The number of carbonyl (C=O) groups excluding carboxylic acids is 1. The van der Waals surface area contributed by atoms with Gasteiger partial charge in [0, 0.05) is 43.6 Å². The van der Waals surface area contributed by atoms with Crippen molar-refractivity contribution in [3.8, 4) is 0 Å². The fourth-order valence-corrected chi connectivity index (χ4v) is 7.70. The molecule has 3 atom stereocenters. The van der Waals surface area contributed by atoms with E-state index in [2.05, 4.69) is 35.2 Å². The van der Waals surface area contributed by atoms with E-state index in [-0.39, 0.29) is 17.4 Å². The molecule has 0 radical (unpaired) electrons. The number of aliphatic hydroxyl groups is 1. The molecule has 9 heteroatoms. The molecule has 3 aliphatic rings. The number of pyridine rings is 1. The summed E-state index contributed by atoms with van der Waals surface area (Å²) in [7, 11) is 4.05. The first-order chi connectivity index (χ1) is 20.7. The van der Waals surface area contributed by atoms with E-state index >= 15 is 0 Å². The topological polar surface area (TPSA) is 89.2 Å². The zero-order valence-electron chi connectivity index (χ0n) is 25.3. The van der Waals surface area contributed by atoms with E-state index in [1.165, 1.54) is 0 Å². The van der Waals surface area contributed by atoms with Crippen molar-refractivity contribution in [1.29, 1.82) is 0 Å². The maximum absolute atomic E-state index is 13.1. The van der Waals surface area contributed by atoms with Crippen molar-refractivity contribution in [3.63, 3.8) is 0 Å². The number of benzene rings is 2. The number of nitrogens with one attached hydrogen (secondary N) is 1. The number of amides is 1. The summed E-state index contributed by atoms with van der Waals surface area (Å²) in [6, 6.07) is 22.1. The second-order valence-electron chi connectivity index (χ2n) is 13.3. The molecule has 3 fully saturated rings. The molecule has 2 N–H and O–H groups in total. The quantitative estimate of drug-likeness (QED) is 0.340. The van der Waals surface area contributed by atoms with Gasteiger partial charge in [-0.25, -0.2) is 4.52 Å². The van der Waals surface area contributed by atoms with Crippen LogP contribution in [0.15, 0.2) is 72.9 Å². The van der Waals surface area contributed by atoms with E-state index in [0.29, 0.717) is 17.4 Å². The van der Waals surface area contributed by atoms with E-state index < -0.39 is 5.60 Å². The number of aromatic nitrogens is 3. The lowest BCUT2D eigenvalue weighted by atomic mass is 9.82. The van der Waals surface area contributed by atoms with Gasteiger partial charge < -0.3 is 25.1 Å². The van der Waals surface area contributed by atoms with Crippen molar-refractivity contribution in [3.05, 3.63) is 84.1 Å². The Morgan fingerprint density at radius 1 is 1.05 bits per heavy atom. The second-order valence-corrected chi connectivity index (χ2v) is 13.3. The second kappa shape index (κ2) is 10.6. The van der Waals surface area contributed by atoms with E-state index in [1.54, 1.807) is 0 Å². The van der Waals surface area contributed by atoms with Crippen molar-refractivity contribution in [2.45, 2.75) is 44.2 Å². The molecule has 1 amide bonds. The number of carbonyl (C=O) groups is 1. The summed E-state index contributed by atoms with van der Waals surface area (Å²) in [4.78, 5) is 24.6. The van der Waals surface area contributed by atoms with Crippen molar-refractivity contribution in [1.82, 2.24) is 24.4 Å². The molecule has 9 nitrogen and oxygen atoms in total. The van der Waals surface area contributed by atoms with Crippen LogP contribution in [0.25, 0.3) is 5.65 Å². The Labute approximate surface area is 253 Å². The van der Waals surface area contributed by atoms with Crippen LogP contribution in [0.2, 0.25) is 0 Å². The van der Waals surface area contributed by atoms with Crippen LogP contribution in [0.4, 0.5) is 17.3 Å². The fourth-order valence-electron chi connectivity index (χ4n) is 7.70. The molecule has 7 rings (SSSR count). The van der Waals surface area contributed by atoms with Crippen LogP contribution in [0.3, 0.4) is 0 Å². The third-order valence-electron chi connectivity index (χ3n) is 10.2. The molecule has 2 saturated heterocycles. The first-order valence-electron chi connectivity index (χ1n) is 15.4. The molecule has 2 aromatic heterocycles. The molecule has 1 saturated carbocycles. The third-order valence-corrected chi connectivity index (χ3v) is 10.2. The first kappa shape index (κ1) is 27.9. The maximum Gasteiger partial charge on any atom is 0.253 e. The number of hydrogen-bond acceptors (Lipinski definition) is 7. The van der Waals surface area contributed by atoms with Gasteiger partial charge in [-0.1, -0.05) is 37.3 Å². The Morgan fingerprint density at radius 2 is 1.79 bits per heavy atom. The normalized spacial score (nSPS) is 26.1. The molecule has 0 unspecified atom stereocenters. The number of hydrogen-bond donors (Lipinski definition) is 2. The zero-order chi connectivity index (χ0) is 29.8. The lowest BCUT2D eigenvalue weighted by molar-refractivity contribution is 0.0311. The van der Waals surface area contributed by atoms with Crippen LogP contribution in [0, 0.1) is 11.3 Å². The molecule has 0 spiro atoms. The molecule has 43 heavy (non-hydrogen) atoms. The van der Waals surface area contributed by atoms with E-state index in [0.717, 1.165) is 74.4 Å². The van der Waals surface area contributed by atoms with Gasteiger partial charge in [0.05, 0.1) is 11.3 Å². The lowest BCUT2D eigenvalue weighted by Crippen LogP contribution is -2.44. The fraction of sp³-hybridized carbons (Fsp3) is 0.441. The maximum atomic E-state index is 13.1. The number of piperidine rings is 1. The van der Waals surface area contributed by atoms with Crippen LogP contribution in [0.5, 0.6) is 0 Å². The van der Waals surface area contributed by atoms with Gasteiger partial charge in [0.1, 0.15) is 0 Å². The van der Waals surface area contributed by atoms with Crippen LogP contribution >= 0.6 is 0 Å². The average molecular weight is 580 g/mol. The number of nitrogens with zero attached hydrogens (tertiary/aromatic N) is 6. The highest BCUT2D eigenvalue weighted by molar-refractivity contribution is 5.94. The van der Waals surface area contributed by atoms with E-state index in [9.17, 15) is 9.90 Å². The van der Waals surface area contributed by atoms with Gasteiger partial charge in [-0.3, -0.25) is 4.79 Å². The number of fused-ring (bicyclic) bond motifs is 2. The molecule has 4 heterocycles. The predicted octanol–water partition coefficient (Wildman–Crippen LogP) is 4.76. The third kappa shape index (κ3) is 5.14. The van der Waals surface area contributed by atoms with Crippen LogP contribution in [0.1, 0.15) is 48.5 Å². The first-order valence-corrected chi connectivity index (χ1v) is 15.4. The van der Waals surface area contributed by atoms with Crippen molar-refractivity contribution < 1.29 is 9.90 Å². The number of anilines is 3. The highest BCUT2D eigenvalue weighted by Gasteiger charge is 2.56. The minimum Gasteiger partial charge on any atom is -0.385 e. The molecule has 2 aliphatic heterocycles. The van der Waals surface area contributed by atoms with Crippen molar-refractivity contribution in [2.75, 3.05) is 50.5 Å². The largest absolute Gasteiger partial charge is 0.385 e. The Balaban J connectivity index is 1.04. The molecule has 224 valence electrons. The lowest BCUT2D eigenvalue weighted by Gasteiger charge is -2.35. The van der Waals surface area contributed by atoms with Gasteiger partial charge in [0.2, 0.25) is 5.95 Å². The summed E-state index contributed by atoms with van der Waals surface area (Å²) in [5.74, 6) is 0.958. The highest BCUT2D eigenvalue weighted by Crippen LogP contribution is 2.57. The summed E-state index contributed by atoms with van der Waals surface area (Å²) in [6.07, 6.45) is 5.45. The predicted molar refractivity (Wildman–Crippen MR) is 169 cm³/mol. The number of likely N-dealkylation sites (tertiary alicyclic amines) is 1. The SMILES string of the molecule is CN1CCC(N(C)C(=O)c2ccc(Nc3nc4c(N5C[C@H]6C[C@@](O)(c7ccccc7)C[C@@]6(C)C5)cccn4n3)cc2)CC1. The smallest absolute Gasteiger partial charge is 0.253 e. The molecule has 0 bridgehead atoms. The Hall–Kier alpha value is -3.95. The van der Waals surface area contributed by atoms with Crippen LogP contribution in [-0.2, 0) is 5.60 Å². The van der Waals surface area contributed by atoms with Gasteiger partial charge in [0.15, 0.2) is 5.65 Å². The van der Waals surface area contributed by atoms with Crippen molar-refractivity contribution in [2.24, 2.45) is 11.3 Å². The standard InChI is InChI=1S/C34H41N7O2/c1-33-22-34(43,25-8-5-4-6-9-25)20-26(33)21-40(23-33)29-10-7-17-41-30(29)36-32(37-41)35-27-13-11-24(12-14-27)31(42)39(3)28-15-18-38(2)19-16-28/h4-14,17,26,28,43H,15-16,18-23H2,1-3H3,(H,35,37)/t26-,33+,34+/m1/s1. The molecular weight excluding hydrogens is 538 g/mol. The summed E-state index contributed by atoms with van der Waals surface area (Å²) in [6.45, 7) is 6.10. The molecule has 4 aromatic rings. The minimum absolute atomic E-state index is 0.0130. The summed E-state index contributed by atoms with van der Waals surface area (Å²) >= 11 is 0. The summed E-state index contributed by atoms with van der Waals surface area (Å²) in [5.41, 5.74) is 3.64. The van der Waals surface area contributed by atoms with Gasteiger partial charge in [-0.2, -0.15) is 4.98 Å². The summed E-state index contributed by atoms with van der Waals surface area (Å²) in [5, 5.41) is 19.6. The van der Waals surface area contributed by atoms with Gasteiger partial charge >= 0.3 is 0 Å². The van der Waals surface area contributed by atoms with Crippen molar-refractivity contribution >= 4 is 28.9 Å². The molecule has 2 aromatic carbocycles. The minimum atomic E-state index is -0.771. The van der Waals surface area contributed by atoms with E-state index in [1.807, 2.05) is 83.3 Å². The monoisotopic (exact) mass is 579 g/mol. The highest BCUT2D eigenvalue weighted by atomic mass is 16.3. The molecular formula is C34H41N7O2. The van der Waals surface area contributed by atoms with E-state index in [4.69, 9.17) is 10.1 Å². The summed E-state index contributed by atoms with van der Waals surface area (Å²) < 4.78 is 1.82. The molecule has 1 aliphatic carbocycles. The Morgan fingerprint density at radius 3 is 2.51 bits per heavy atom. The van der Waals surface area contributed by atoms with Crippen LogP contribution in [-0.4, -0.2) is 81.7 Å². The Kier molecular flexibility index (Phi) is 6.90. The zero-order valence-corrected chi connectivity index (χ0v) is 25.3. The number of rotatable bonds is 6. The van der Waals surface area contributed by atoms with Gasteiger partial charge in [0.25, 0.3) is 5.91 Å². The van der Waals surface area contributed by atoms with Gasteiger partial charge in [-0.05, 0) is 99.1 Å².